The highest BCUT2D eigenvalue weighted by Crippen LogP contribution is 2.28. The van der Waals surface area contributed by atoms with Gasteiger partial charge < -0.3 is 14.8 Å². The molecular formula is C27H27N3O2S. The molecule has 1 N–H and O–H groups in total. The molecule has 0 atom stereocenters. The van der Waals surface area contributed by atoms with E-state index in [2.05, 4.69) is 40.2 Å². The Morgan fingerprint density at radius 2 is 1.67 bits per heavy atom. The average molecular weight is 458 g/mol. The number of likely N-dealkylation sites (tertiary alicyclic amines) is 1. The molecule has 6 heteroatoms. The number of nitrogens with zero attached hydrogens (tertiary/aromatic N) is 2. The summed E-state index contributed by atoms with van der Waals surface area (Å²) in [5.41, 5.74) is 2.36. The van der Waals surface area contributed by atoms with Crippen molar-refractivity contribution in [3.63, 3.8) is 0 Å². The number of fused-ring (bicyclic) bond motifs is 1. The number of nitrogens with one attached hydrogen (secondary N) is 1. The van der Waals surface area contributed by atoms with Crippen molar-refractivity contribution in [3.05, 3.63) is 89.4 Å². The van der Waals surface area contributed by atoms with Gasteiger partial charge in [-0.25, -0.2) is 0 Å². The third kappa shape index (κ3) is 4.71. The maximum absolute atomic E-state index is 13.1. The van der Waals surface area contributed by atoms with Crippen LogP contribution in [0.5, 0.6) is 0 Å². The summed E-state index contributed by atoms with van der Waals surface area (Å²) < 4.78 is 2.13. The van der Waals surface area contributed by atoms with Crippen LogP contribution in [-0.2, 0) is 11.2 Å². The minimum atomic E-state index is -0.0186. The van der Waals surface area contributed by atoms with Crippen LogP contribution in [0, 0.1) is 5.92 Å². The van der Waals surface area contributed by atoms with Crippen LogP contribution in [0.15, 0.2) is 79.0 Å². The summed E-state index contributed by atoms with van der Waals surface area (Å²) in [6, 6.07) is 24.4. The smallest absolute Gasteiger partial charge is 0.263 e. The Bertz CT molecular complexity index is 1250. The molecule has 33 heavy (non-hydrogen) atoms. The number of carbonyl (C=O) groups excluding carboxylic acids is 2. The van der Waals surface area contributed by atoms with Crippen molar-refractivity contribution in [2.45, 2.75) is 19.3 Å². The van der Waals surface area contributed by atoms with Gasteiger partial charge in [-0.3, -0.25) is 9.59 Å². The van der Waals surface area contributed by atoms with Gasteiger partial charge >= 0.3 is 0 Å². The summed E-state index contributed by atoms with van der Waals surface area (Å²) in [7, 11) is 0. The molecule has 1 aliphatic rings. The standard InChI is InChI=1S/C27H27N3O2S/c31-26(28-16-12-20-6-2-1-3-7-20)22-13-17-29(18-14-22)27(32)24-10-11-25(33-24)30-19-15-21-8-4-5-9-23(21)30/h1-11,15,19,22H,12-14,16-18H2,(H,28,31). The van der Waals surface area contributed by atoms with Crippen molar-refractivity contribution in [2.24, 2.45) is 5.92 Å². The van der Waals surface area contributed by atoms with Gasteiger partial charge in [0.25, 0.3) is 5.91 Å². The van der Waals surface area contributed by atoms with E-state index in [0.717, 1.165) is 21.8 Å². The number of benzene rings is 2. The lowest BCUT2D eigenvalue weighted by Crippen LogP contribution is -2.43. The molecule has 5 nitrogen and oxygen atoms in total. The molecule has 0 spiro atoms. The van der Waals surface area contributed by atoms with Gasteiger partial charge in [0.1, 0.15) is 5.00 Å². The van der Waals surface area contributed by atoms with E-state index in [9.17, 15) is 9.59 Å². The highest BCUT2D eigenvalue weighted by Gasteiger charge is 2.28. The maximum atomic E-state index is 13.1. The summed E-state index contributed by atoms with van der Waals surface area (Å²) in [6.07, 6.45) is 4.31. The van der Waals surface area contributed by atoms with Crippen LogP contribution in [-0.4, -0.2) is 40.9 Å². The number of rotatable bonds is 6. The Morgan fingerprint density at radius 1 is 0.909 bits per heavy atom. The molecule has 168 valence electrons. The molecule has 0 unspecified atom stereocenters. The Kier molecular flexibility index (Phi) is 6.26. The van der Waals surface area contributed by atoms with E-state index in [4.69, 9.17) is 0 Å². The van der Waals surface area contributed by atoms with Crippen LogP contribution >= 0.6 is 11.3 Å². The van der Waals surface area contributed by atoms with Crippen molar-refractivity contribution in [1.82, 2.24) is 14.8 Å². The second-order valence-corrected chi connectivity index (χ2v) is 9.54. The van der Waals surface area contributed by atoms with E-state index in [1.807, 2.05) is 53.6 Å². The van der Waals surface area contributed by atoms with E-state index in [1.54, 1.807) is 0 Å². The van der Waals surface area contributed by atoms with Crippen molar-refractivity contribution >= 4 is 34.1 Å². The lowest BCUT2D eigenvalue weighted by Gasteiger charge is -2.31. The van der Waals surface area contributed by atoms with Crippen LogP contribution in [0.3, 0.4) is 0 Å². The fourth-order valence-electron chi connectivity index (χ4n) is 4.47. The topological polar surface area (TPSA) is 54.3 Å². The van der Waals surface area contributed by atoms with Crippen molar-refractivity contribution < 1.29 is 9.59 Å². The Morgan fingerprint density at radius 3 is 2.48 bits per heavy atom. The molecule has 1 fully saturated rings. The molecule has 0 saturated carbocycles. The molecule has 1 saturated heterocycles. The Hall–Kier alpha value is -3.38. The molecule has 4 aromatic rings. The Balaban J connectivity index is 1.14. The third-order valence-corrected chi connectivity index (χ3v) is 7.42. The molecule has 0 radical (unpaired) electrons. The van der Waals surface area contributed by atoms with Crippen LogP contribution in [0.25, 0.3) is 15.9 Å². The molecule has 2 amide bonds. The van der Waals surface area contributed by atoms with Gasteiger partial charge in [-0.05, 0) is 54.5 Å². The van der Waals surface area contributed by atoms with E-state index in [0.29, 0.717) is 32.5 Å². The number of hydrogen-bond acceptors (Lipinski definition) is 3. The monoisotopic (exact) mass is 457 g/mol. The van der Waals surface area contributed by atoms with Gasteiger partial charge in [0.05, 0.1) is 10.4 Å². The zero-order valence-corrected chi connectivity index (χ0v) is 19.3. The van der Waals surface area contributed by atoms with Gasteiger partial charge in [-0.1, -0.05) is 48.5 Å². The van der Waals surface area contributed by atoms with Gasteiger partial charge in [-0.2, -0.15) is 0 Å². The minimum Gasteiger partial charge on any atom is -0.356 e. The summed E-state index contributed by atoms with van der Waals surface area (Å²) >= 11 is 1.52. The number of hydrogen-bond donors (Lipinski definition) is 1. The number of carbonyl (C=O) groups is 2. The predicted molar refractivity (Wildman–Crippen MR) is 133 cm³/mol. The predicted octanol–water partition coefficient (Wildman–Crippen LogP) is 4.90. The largest absolute Gasteiger partial charge is 0.356 e. The Labute approximate surface area is 197 Å². The van der Waals surface area contributed by atoms with Crippen LogP contribution in [0.1, 0.15) is 28.1 Å². The van der Waals surface area contributed by atoms with Gasteiger partial charge in [0, 0.05) is 31.7 Å². The van der Waals surface area contributed by atoms with Crippen LogP contribution in [0.4, 0.5) is 0 Å². The van der Waals surface area contributed by atoms with Crippen molar-refractivity contribution in [1.29, 1.82) is 0 Å². The molecular weight excluding hydrogens is 430 g/mol. The molecule has 2 aromatic heterocycles. The minimum absolute atomic E-state index is 0.0186. The number of para-hydroxylation sites is 1. The molecule has 0 bridgehead atoms. The van der Waals surface area contributed by atoms with Crippen molar-refractivity contribution in [2.75, 3.05) is 19.6 Å². The lowest BCUT2D eigenvalue weighted by atomic mass is 9.95. The summed E-state index contributed by atoms with van der Waals surface area (Å²) in [5.74, 6) is 0.150. The first-order valence-corrected chi connectivity index (χ1v) is 12.3. The fraction of sp³-hybridized carbons (Fsp3) is 0.259. The molecule has 0 aliphatic carbocycles. The molecule has 1 aliphatic heterocycles. The van der Waals surface area contributed by atoms with E-state index in [-0.39, 0.29) is 17.7 Å². The number of piperidine rings is 1. The van der Waals surface area contributed by atoms with E-state index < -0.39 is 0 Å². The quantitative estimate of drug-likeness (QED) is 0.448. The van der Waals surface area contributed by atoms with Gasteiger partial charge in [0.15, 0.2) is 0 Å². The summed E-state index contributed by atoms with van der Waals surface area (Å²) in [6.45, 7) is 1.89. The second kappa shape index (κ2) is 9.63. The summed E-state index contributed by atoms with van der Waals surface area (Å²) in [5, 5.41) is 5.28. The first kappa shape index (κ1) is 21.5. The van der Waals surface area contributed by atoms with E-state index >= 15 is 0 Å². The highest BCUT2D eigenvalue weighted by atomic mass is 32.1. The zero-order chi connectivity index (χ0) is 22.6. The van der Waals surface area contributed by atoms with Crippen LogP contribution in [0.2, 0.25) is 0 Å². The number of aromatic nitrogens is 1. The summed E-state index contributed by atoms with van der Waals surface area (Å²) in [4.78, 5) is 28.3. The van der Waals surface area contributed by atoms with Gasteiger partial charge in [0.2, 0.25) is 5.91 Å². The maximum Gasteiger partial charge on any atom is 0.263 e. The highest BCUT2D eigenvalue weighted by molar-refractivity contribution is 7.16. The molecule has 5 rings (SSSR count). The zero-order valence-electron chi connectivity index (χ0n) is 18.4. The molecule has 2 aromatic carbocycles. The fourth-order valence-corrected chi connectivity index (χ4v) is 5.44. The number of amides is 2. The van der Waals surface area contributed by atoms with Gasteiger partial charge in [-0.15, -0.1) is 11.3 Å². The number of thiophene rings is 1. The SMILES string of the molecule is O=C(NCCc1ccccc1)C1CCN(C(=O)c2ccc(-n3ccc4ccccc43)s2)CC1. The van der Waals surface area contributed by atoms with E-state index in [1.165, 1.54) is 22.3 Å². The second-order valence-electron chi connectivity index (χ2n) is 8.48. The normalized spacial score (nSPS) is 14.5. The average Bonchev–Trinajstić information content (AvgIpc) is 3.52. The lowest BCUT2D eigenvalue weighted by molar-refractivity contribution is -0.126. The third-order valence-electron chi connectivity index (χ3n) is 6.35. The first-order valence-electron chi connectivity index (χ1n) is 11.5. The van der Waals surface area contributed by atoms with Crippen LogP contribution < -0.4 is 5.32 Å². The molecule has 3 heterocycles. The van der Waals surface area contributed by atoms with Crippen molar-refractivity contribution in [3.8, 4) is 5.00 Å². The first-order chi connectivity index (χ1) is 16.2.